The fourth-order valence-electron chi connectivity index (χ4n) is 3.43. The number of hydrogen-bond acceptors (Lipinski definition) is 4. The van der Waals surface area contributed by atoms with E-state index in [1.165, 1.54) is 18.3 Å². The molecule has 0 aliphatic heterocycles. The van der Waals surface area contributed by atoms with Crippen molar-refractivity contribution < 1.29 is 17.9 Å². The molecule has 0 N–H and O–H groups in total. The highest BCUT2D eigenvalue weighted by atomic mass is 79.9. The number of alkyl halides is 3. The van der Waals surface area contributed by atoms with Gasteiger partial charge in [-0.2, -0.15) is 22.9 Å². The Bertz CT molecular complexity index is 1490. The number of fused-ring (bicyclic) bond motifs is 1. The fourth-order valence-corrected chi connectivity index (χ4v) is 4.84. The molecule has 0 saturated carbocycles. The van der Waals surface area contributed by atoms with E-state index in [0.717, 1.165) is 23.2 Å². The summed E-state index contributed by atoms with van der Waals surface area (Å²) < 4.78 is 48.4. The van der Waals surface area contributed by atoms with E-state index in [1.807, 2.05) is 13.8 Å². The van der Waals surface area contributed by atoms with Crippen LogP contribution in [0.15, 0.2) is 79.5 Å². The molecule has 3 aromatic carbocycles. The normalized spacial score (nSPS) is 12.9. The molecule has 4 aromatic rings. The van der Waals surface area contributed by atoms with Crippen molar-refractivity contribution >= 4 is 49.0 Å². The summed E-state index contributed by atoms with van der Waals surface area (Å²) in [4.78, 5) is 17.8. The number of para-hydroxylation sites is 1. The van der Waals surface area contributed by atoms with Crippen molar-refractivity contribution in [1.82, 2.24) is 9.66 Å². The summed E-state index contributed by atoms with van der Waals surface area (Å²) in [5, 5.41) is 4.63. The standard InChI is InChI=1S/C26H20Br2F3N3O2/c1-3-15(2)36-23-20(27)11-16(12-21(23)28)14-32-34-24(17-7-6-8-18(13-17)26(29,30)31)33-22-10-5-4-9-19(22)25(34)35/h4-15H,3H2,1-2H3/t15-/m0/s1. The molecule has 0 saturated heterocycles. The lowest BCUT2D eigenvalue weighted by atomic mass is 10.1. The van der Waals surface area contributed by atoms with Gasteiger partial charge < -0.3 is 4.74 Å². The Kier molecular flexibility index (Phi) is 7.65. The third-order valence-corrected chi connectivity index (χ3v) is 6.62. The summed E-state index contributed by atoms with van der Waals surface area (Å²) in [6, 6.07) is 14.8. The molecule has 0 bridgehead atoms. The lowest BCUT2D eigenvalue weighted by Crippen LogP contribution is -2.20. The first-order valence-electron chi connectivity index (χ1n) is 11.0. The summed E-state index contributed by atoms with van der Waals surface area (Å²) in [5.74, 6) is 0.631. The van der Waals surface area contributed by atoms with Crippen molar-refractivity contribution in [2.24, 2.45) is 5.10 Å². The van der Waals surface area contributed by atoms with Crippen LogP contribution in [0.25, 0.3) is 22.3 Å². The van der Waals surface area contributed by atoms with Crippen LogP contribution in [-0.2, 0) is 6.18 Å². The molecule has 4 rings (SSSR count). The Morgan fingerprint density at radius 2 is 1.78 bits per heavy atom. The topological polar surface area (TPSA) is 56.5 Å². The highest BCUT2D eigenvalue weighted by molar-refractivity contribution is 9.11. The van der Waals surface area contributed by atoms with Crippen molar-refractivity contribution in [3.8, 4) is 17.1 Å². The summed E-state index contributed by atoms with van der Waals surface area (Å²) in [6.45, 7) is 3.98. The number of halogens is 5. The van der Waals surface area contributed by atoms with Crippen molar-refractivity contribution in [2.45, 2.75) is 32.5 Å². The van der Waals surface area contributed by atoms with Crippen molar-refractivity contribution in [3.63, 3.8) is 0 Å². The van der Waals surface area contributed by atoms with Crippen molar-refractivity contribution in [1.29, 1.82) is 0 Å². The fraction of sp³-hybridized carbons (Fsp3) is 0.192. The van der Waals surface area contributed by atoms with Crippen LogP contribution in [-0.4, -0.2) is 22.0 Å². The van der Waals surface area contributed by atoms with Gasteiger partial charge in [-0.05, 0) is 87.2 Å². The maximum Gasteiger partial charge on any atom is 0.416 e. The van der Waals surface area contributed by atoms with Crippen molar-refractivity contribution in [3.05, 3.63) is 91.1 Å². The minimum absolute atomic E-state index is 0.00379. The Balaban J connectivity index is 1.85. The van der Waals surface area contributed by atoms with Gasteiger partial charge in [-0.1, -0.05) is 31.2 Å². The zero-order chi connectivity index (χ0) is 26.0. The van der Waals surface area contributed by atoms with Gasteiger partial charge in [0.15, 0.2) is 5.82 Å². The van der Waals surface area contributed by atoms with E-state index in [4.69, 9.17) is 4.74 Å². The van der Waals surface area contributed by atoms with Gasteiger partial charge in [0.25, 0.3) is 5.56 Å². The molecule has 0 aliphatic carbocycles. The molecule has 186 valence electrons. The quantitative estimate of drug-likeness (QED) is 0.207. The molecule has 5 nitrogen and oxygen atoms in total. The van der Waals surface area contributed by atoms with Gasteiger partial charge in [-0.25, -0.2) is 4.98 Å². The highest BCUT2D eigenvalue weighted by Gasteiger charge is 2.31. The van der Waals surface area contributed by atoms with E-state index in [9.17, 15) is 18.0 Å². The molecule has 36 heavy (non-hydrogen) atoms. The molecule has 0 unspecified atom stereocenters. The van der Waals surface area contributed by atoms with Gasteiger partial charge in [0.1, 0.15) is 5.75 Å². The number of ether oxygens (including phenoxy) is 1. The molecule has 0 amide bonds. The van der Waals surface area contributed by atoms with Gasteiger partial charge in [-0.3, -0.25) is 4.79 Å². The molecule has 10 heteroatoms. The van der Waals surface area contributed by atoms with Crippen LogP contribution in [0.5, 0.6) is 5.75 Å². The predicted molar refractivity (Wildman–Crippen MR) is 142 cm³/mol. The van der Waals surface area contributed by atoms with E-state index in [-0.39, 0.29) is 17.5 Å². The van der Waals surface area contributed by atoms with Gasteiger partial charge >= 0.3 is 6.18 Å². The van der Waals surface area contributed by atoms with Crippen LogP contribution in [0.3, 0.4) is 0 Å². The third kappa shape index (κ3) is 5.54. The Labute approximate surface area is 221 Å². The zero-order valence-corrected chi connectivity index (χ0v) is 22.4. The molecular formula is C26H20Br2F3N3O2. The minimum atomic E-state index is -4.54. The zero-order valence-electron chi connectivity index (χ0n) is 19.2. The Morgan fingerprint density at radius 3 is 2.44 bits per heavy atom. The number of benzene rings is 3. The summed E-state index contributed by atoms with van der Waals surface area (Å²) in [7, 11) is 0. The lowest BCUT2D eigenvalue weighted by Gasteiger charge is -2.16. The largest absolute Gasteiger partial charge is 0.488 e. The average Bonchev–Trinajstić information content (AvgIpc) is 2.85. The maximum atomic E-state index is 13.4. The maximum absolute atomic E-state index is 13.4. The average molecular weight is 623 g/mol. The number of hydrogen-bond donors (Lipinski definition) is 0. The SMILES string of the molecule is CC[C@H](C)Oc1c(Br)cc(C=Nn2c(-c3cccc(C(F)(F)F)c3)nc3ccccc3c2=O)cc1Br. The minimum Gasteiger partial charge on any atom is -0.488 e. The van der Waals surface area contributed by atoms with Crippen LogP contribution in [0.1, 0.15) is 31.4 Å². The third-order valence-electron chi connectivity index (χ3n) is 5.44. The first kappa shape index (κ1) is 26.1. The van der Waals surface area contributed by atoms with Gasteiger partial charge in [0.2, 0.25) is 0 Å². The van der Waals surface area contributed by atoms with E-state index >= 15 is 0 Å². The predicted octanol–water partition coefficient (Wildman–Crippen LogP) is 7.67. The van der Waals surface area contributed by atoms with E-state index in [0.29, 0.717) is 31.2 Å². The number of nitrogens with zero attached hydrogens (tertiary/aromatic N) is 3. The summed E-state index contributed by atoms with van der Waals surface area (Å²) >= 11 is 7.01. The first-order valence-corrected chi connectivity index (χ1v) is 12.6. The molecule has 0 spiro atoms. The van der Waals surface area contributed by atoms with E-state index in [1.54, 1.807) is 36.4 Å². The second kappa shape index (κ2) is 10.6. The molecule has 1 atom stereocenters. The van der Waals surface area contributed by atoms with E-state index < -0.39 is 17.3 Å². The molecule has 0 radical (unpaired) electrons. The highest BCUT2D eigenvalue weighted by Crippen LogP contribution is 2.36. The smallest absolute Gasteiger partial charge is 0.416 e. The van der Waals surface area contributed by atoms with Crippen LogP contribution in [0.4, 0.5) is 13.2 Å². The Morgan fingerprint density at radius 1 is 1.08 bits per heavy atom. The molecule has 0 fully saturated rings. The van der Waals surface area contributed by atoms with Crippen molar-refractivity contribution in [2.75, 3.05) is 0 Å². The van der Waals surface area contributed by atoms with Gasteiger partial charge in [0.05, 0.1) is 37.7 Å². The monoisotopic (exact) mass is 621 g/mol. The van der Waals surface area contributed by atoms with Crippen LogP contribution < -0.4 is 10.3 Å². The lowest BCUT2D eigenvalue weighted by molar-refractivity contribution is -0.137. The number of rotatable bonds is 6. The van der Waals surface area contributed by atoms with Crippen LogP contribution in [0.2, 0.25) is 0 Å². The molecule has 0 aliphatic rings. The molecule has 1 heterocycles. The van der Waals surface area contributed by atoms with Crippen LogP contribution >= 0.6 is 31.9 Å². The second-order valence-corrected chi connectivity index (χ2v) is 9.75. The molecule has 1 aromatic heterocycles. The summed E-state index contributed by atoms with van der Waals surface area (Å²) in [6.07, 6.45) is -2.26. The first-order chi connectivity index (χ1) is 17.1. The summed E-state index contributed by atoms with van der Waals surface area (Å²) in [5.41, 5.74) is -0.245. The number of aromatic nitrogens is 2. The van der Waals surface area contributed by atoms with E-state index in [2.05, 4.69) is 41.9 Å². The van der Waals surface area contributed by atoms with Gasteiger partial charge in [0, 0.05) is 5.56 Å². The van der Waals surface area contributed by atoms with Crippen LogP contribution in [0, 0.1) is 0 Å². The Hall–Kier alpha value is -2.98. The molecular weight excluding hydrogens is 603 g/mol. The van der Waals surface area contributed by atoms with Gasteiger partial charge in [-0.15, -0.1) is 0 Å². The second-order valence-electron chi connectivity index (χ2n) is 8.04.